The third-order valence-electron chi connectivity index (χ3n) is 6.55. The summed E-state index contributed by atoms with van der Waals surface area (Å²) in [5.41, 5.74) is 0.912. The summed E-state index contributed by atoms with van der Waals surface area (Å²) in [4.78, 5) is 2.46. The Bertz CT molecular complexity index is 1320. The van der Waals surface area contributed by atoms with Crippen molar-refractivity contribution in [3.05, 3.63) is 84.4 Å². The molecule has 1 N–H and O–H groups in total. The normalized spacial score (nSPS) is 14.1. The molecule has 0 bridgehead atoms. The minimum absolute atomic E-state index is 0. The van der Waals surface area contributed by atoms with Crippen LogP contribution in [0.25, 0.3) is 21.9 Å². The number of aromatic hydroxyl groups is 1. The molecule has 194 valence electrons. The topological polar surface area (TPSA) is 41.9 Å². The molecule has 4 aromatic rings. The lowest BCUT2D eigenvalue weighted by molar-refractivity contribution is 0.214. The molecule has 0 radical (unpaired) electrons. The Morgan fingerprint density at radius 3 is 2.14 bits per heavy atom. The first kappa shape index (κ1) is 26.7. The van der Waals surface area contributed by atoms with Crippen LogP contribution in [0.4, 0.5) is 8.78 Å². The third kappa shape index (κ3) is 6.70. The fourth-order valence-corrected chi connectivity index (χ4v) is 4.71. The van der Waals surface area contributed by atoms with Crippen molar-refractivity contribution in [3.8, 4) is 34.1 Å². The summed E-state index contributed by atoms with van der Waals surface area (Å²) in [5, 5.41) is 11.4. The molecule has 0 aliphatic carbocycles. The molecule has 1 saturated heterocycles. The van der Waals surface area contributed by atoms with Crippen LogP contribution < -0.4 is 9.47 Å². The maximum Gasteiger partial charge on any atom is 0.143 e. The van der Waals surface area contributed by atoms with Crippen molar-refractivity contribution in [2.24, 2.45) is 0 Å². The van der Waals surface area contributed by atoms with Crippen LogP contribution in [-0.4, -0.2) is 36.2 Å². The molecule has 37 heavy (non-hydrogen) atoms. The standard InChI is InChI=1S/C30H29F2NO3.ClH/c31-23-17-22(18-24(32)20-23)29-11-5-21-19-25(34)6-12-28(21)30(29)36-27-9-7-26(8-10-27)35-16-15-33-13-3-1-2-4-14-33;/h5-12,17-20,34H,1-4,13-16H2;1H. The third-order valence-corrected chi connectivity index (χ3v) is 6.55. The van der Waals surface area contributed by atoms with Gasteiger partial charge in [0.1, 0.15) is 41.2 Å². The van der Waals surface area contributed by atoms with Crippen LogP contribution in [0.3, 0.4) is 0 Å². The van der Waals surface area contributed by atoms with E-state index in [0.717, 1.165) is 36.8 Å². The second-order valence-corrected chi connectivity index (χ2v) is 9.18. The molecule has 0 amide bonds. The van der Waals surface area contributed by atoms with E-state index < -0.39 is 11.6 Å². The molecule has 4 nitrogen and oxygen atoms in total. The van der Waals surface area contributed by atoms with Gasteiger partial charge >= 0.3 is 0 Å². The Hall–Kier alpha value is -3.35. The monoisotopic (exact) mass is 525 g/mol. The smallest absolute Gasteiger partial charge is 0.143 e. The molecule has 0 spiro atoms. The molecule has 0 atom stereocenters. The van der Waals surface area contributed by atoms with Crippen molar-refractivity contribution in [2.45, 2.75) is 25.7 Å². The number of halogens is 3. The summed E-state index contributed by atoms with van der Waals surface area (Å²) in [7, 11) is 0. The Balaban J connectivity index is 0.00000320. The lowest BCUT2D eigenvalue weighted by Crippen LogP contribution is -2.29. The van der Waals surface area contributed by atoms with E-state index in [-0.39, 0.29) is 18.2 Å². The summed E-state index contributed by atoms with van der Waals surface area (Å²) in [6.07, 6.45) is 5.13. The van der Waals surface area contributed by atoms with Crippen molar-refractivity contribution in [3.63, 3.8) is 0 Å². The quantitative estimate of drug-likeness (QED) is 0.266. The number of rotatable bonds is 7. The molecule has 7 heteroatoms. The molecule has 1 heterocycles. The first-order valence-electron chi connectivity index (χ1n) is 12.4. The van der Waals surface area contributed by atoms with Crippen LogP contribution >= 0.6 is 12.4 Å². The molecule has 5 rings (SSSR count). The van der Waals surface area contributed by atoms with Gasteiger partial charge < -0.3 is 14.6 Å². The number of hydrogen-bond acceptors (Lipinski definition) is 4. The van der Waals surface area contributed by atoms with Gasteiger partial charge in [0.2, 0.25) is 0 Å². The van der Waals surface area contributed by atoms with Crippen LogP contribution in [-0.2, 0) is 0 Å². The minimum atomic E-state index is -0.663. The predicted octanol–water partition coefficient (Wildman–Crippen LogP) is 7.96. The molecule has 4 aromatic carbocycles. The summed E-state index contributed by atoms with van der Waals surface area (Å²) < 4.78 is 40.2. The highest BCUT2D eigenvalue weighted by Gasteiger charge is 2.15. The Labute approximate surface area is 221 Å². The van der Waals surface area contributed by atoms with Gasteiger partial charge in [-0.2, -0.15) is 0 Å². The largest absolute Gasteiger partial charge is 0.508 e. The molecule has 1 aliphatic heterocycles. The van der Waals surface area contributed by atoms with Crippen LogP contribution in [0, 0.1) is 11.6 Å². The van der Waals surface area contributed by atoms with E-state index in [1.807, 2.05) is 24.3 Å². The lowest BCUT2D eigenvalue weighted by atomic mass is 9.99. The van der Waals surface area contributed by atoms with Crippen molar-refractivity contribution in [1.29, 1.82) is 0 Å². The van der Waals surface area contributed by atoms with E-state index in [4.69, 9.17) is 9.47 Å². The zero-order valence-corrected chi connectivity index (χ0v) is 21.3. The maximum atomic E-state index is 14.0. The first-order chi connectivity index (χ1) is 17.5. The van der Waals surface area contributed by atoms with E-state index >= 15 is 0 Å². The Kier molecular flexibility index (Phi) is 8.85. The molecular weight excluding hydrogens is 496 g/mol. The van der Waals surface area contributed by atoms with Gasteiger partial charge in [0, 0.05) is 23.6 Å². The molecular formula is C30H30ClF2NO3. The number of fused-ring (bicyclic) bond motifs is 1. The van der Waals surface area contributed by atoms with Gasteiger partial charge in [-0.25, -0.2) is 8.78 Å². The summed E-state index contributed by atoms with van der Waals surface area (Å²) >= 11 is 0. The number of likely N-dealkylation sites (tertiary alicyclic amines) is 1. The zero-order valence-electron chi connectivity index (χ0n) is 20.5. The molecule has 1 fully saturated rings. The van der Waals surface area contributed by atoms with E-state index in [1.165, 1.54) is 37.8 Å². The Morgan fingerprint density at radius 2 is 1.43 bits per heavy atom. The summed E-state index contributed by atoms with van der Waals surface area (Å²) in [5.74, 6) is 0.569. The number of ether oxygens (including phenoxy) is 2. The molecule has 0 unspecified atom stereocenters. The number of phenols is 1. The SMILES string of the molecule is Cl.Oc1ccc2c(Oc3ccc(OCCN4CCCCCC4)cc3)c(-c3cc(F)cc(F)c3)ccc2c1. The highest BCUT2D eigenvalue weighted by Crippen LogP contribution is 2.41. The predicted molar refractivity (Wildman–Crippen MR) is 145 cm³/mol. The van der Waals surface area contributed by atoms with Crippen molar-refractivity contribution in [1.82, 2.24) is 4.90 Å². The van der Waals surface area contributed by atoms with E-state index in [1.54, 1.807) is 30.3 Å². The van der Waals surface area contributed by atoms with Crippen molar-refractivity contribution in [2.75, 3.05) is 26.2 Å². The van der Waals surface area contributed by atoms with Gasteiger partial charge in [0.25, 0.3) is 0 Å². The average Bonchev–Trinajstić information content (AvgIpc) is 3.13. The summed E-state index contributed by atoms with van der Waals surface area (Å²) in [6.45, 7) is 3.81. The second kappa shape index (κ2) is 12.3. The molecule has 0 aromatic heterocycles. The Morgan fingerprint density at radius 1 is 0.757 bits per heavy atom. The van der Waals surface area contributed by atoms with Gasteiger partial charge in [0.05, 0.1) is 0 Å². The number of phenolic OH excluding ortho intramolecular Hbond substituents is 1. The number of nitrogens with zero attached hydrogens (tertiary/aromatic N) is 1. The molecule has 0 saturated carbocycles. The minimum Gasteiger partial charge on any atom is -0.508 e. The van der Waals surface area contributed by atoms with Gasteiger partial charge in [-0.05, 0) is 97.5 Å². The van der Waals surface area contributed by atoms with Crippen LogP contribution in [0.1, 0.15) is 25.7 Å². The fraction of sp³-hybridized carbons (Fsp3) is 0.267. The van der Waals surface area contributed by atoms with Crippen LogP contribution in [0.2, 0.25) is 0 Å². The van der Waals surface area contributed by atoms with Gasteiger partial charge in [-0.3, -0.25) is 4.90 Å². The highest BCUT2D eigenvalue weighted by molar-refractivity contribution is 5.96. The van der Waals surface area contributed by atoms with Gasteiger partial charge in [-0.1, -0.05) is 18.9 Å². The van der Waals surface area contributed by atoms with Crippen molar-refractivity contribution < 1.29 is 23.4 Å². The van der Waals surface area contributed by atoms with Gasteiger partial charge in [-0.15, -0.1) is 12.4 Å². The van der Waals surface area contributed by atoms with Crippen LogP contribution in [0.15, 0.2) is 72.8 Å². The fourth-order valence-electron chi connectivity index (χ4n) is 4.71. The zero-order chi connectivity index (χ0) is 24.9. The highest BCUT2D eigenvalue weighted by atomic mass is 35.5. The number of benzene rings is 4. The van der Waals surface area contributed by atoms with Crippen molar-refractivity contribution >= 4 is 23.2 Å². The number of hydrogen-bond donors (Lipinski definition) is 1. The first-order valence-corrected chi connectivity index (χ1v) is 12.4. The van der Waals surface area contributed by atoms with E-state index in [2.05, 4.69) is 4.90 Å². The maximum absolute atomic E-state index is 14.0. The average molecular weight is 526 g/mol. The van der Waals surface area contributed by atoms with E-state index in [9.17, 15) is 13.9 Å². The van der Waals surface area contributed by atoms with Crippen LogP contribution in [0.5, 0.6) is 23.0 Å². The second-order valence-electron chi connectivity index (χ2n) is 9.18. The van der Waals surface area contributed by atoms with Gasteiger partial charge in [0.15, 0.2) is 0 Å². The van der Waals surface area contributed by atoms with E-state index in [0.29, 0.717) is 34.6 Å². The lowest BCUT2D eigenvalue weighted by Gasteiger charge is -2.19. The summed E-state index contributed by atoms with van der Waals surface area (Å²) in [6, 6.07) is 19.2. The molecule has 1 aliphatic rings.